The van der Waals surface area contributed by atoms with E-state index in [0.717, 1.165) is 38.8 Å². The number of carbonyl (C=O) groups is 1. The topological polar surface area (TPSA) is 40.5 Å². The van der Waals surface area contributed by atoms with Crippen LogP contribution in [0.25, 0.3) is 0 Å². The molecular weight excluding hydrogens is 226 g/mol. The van der Waals surface area contributed by atoms with Crippen LogP contribution in [0.1, 0.15) is 64.7 Å². The second kappa shape index (κ2) is 6.05. The van der Waals surface area contributed by atoms with Crippen LogP contribution in [-0.2, 0) is 4.79 Å². The van der Waals surface area contributed by atoms with Gasteiger partial charge >= 0.3 is 0 Å². The summed E-state index contributed by atoms with van der Waals surface area (Å²) in [4.78, 5) is 14.5. The van der Waals surface area contributed by atoms with E-state index >= 15 is 0 Å². The smallest absolute Gasteiger partial charge is 0.225 e. The summed E-state index contributed by atoms with van der Waals surface area (Å²) >= 11 is 0. The van der Waals surface area contributed by atoms with Gasteiger partial charge in [0, 0.05) is 19.0 Å². The highest BCUT2D eigenvalue weighted by atomic mass is 16.3. The Kier molecular flexibility index (Phi) is 4.66. The molecule has 2 rings (SSSR count). The Bertz CT molecular complexity index is 270. The van der Waals surface area contributed by atoms with Crippen LogP contribution >= 0.6 is 0 Å². The first-order chi connectivity index (χ1) is 8.58. The first-order valence-electron chi connectivity index (χ1n) is 7.60. The zero-order valence-corrected chi connectivity index (χ0v) is 11.7. The Morgan fingerprint density at radius 3 is 2.11 bits per heavy atom. The van der Waals surface area contributed by atoms with Crippen LogP contribution in [0.4, 0.5) is 0 Å². The molecule has 1 saturated heterocycles. The summed E-state index contributed by atoms with van der Waals surface area (Å²) in [5.41, 5.74) is -0.558. The average Bonchev–Trinajstić information content (AvgIpc) is 2.27. The Balaban J connectivity index is 1.86. The number of amides is 1. The van der Waals surface area contributed by atoms with Crippen molar-refractivity contribution in [2.45, 2.75) is 70.3 Å². The molecule has 0 spiro atoms. The van der Waals surface area contributed by atoms with Crippen molar-refractivity contribution < 1.29 is 9.90 Å². The van der Waals surface area contributed by atoms with Crippen LogP contribution in [0.5, 0.6) is 0 Å². The molecule has 1 aliphatic carbocycles. The third kappa shape index (κ3) is 3.71. The van der Waals surface area contributed by atoms with Gasteiger partial charge in [-0.15, -0.1) is 0 Å². The molecule has 0 aromatic heterocycles. The molecule has 3 heteroatoms. The second-order valence-corrected chi connectivity index (χ2v) is 6.36. The number of aliphatic hydroxyl groups is 1. The van der Waals surface area contributed by atoms with Crippen molar-refractivity contribution in [1.29, 1.82) is 0 Å². The zero-order chi connectivity index (χ0) is 13.0. The van der Waals surface area contributed by atoms with Crippen LogP contribution in [-0.4, -0.2) is 34.6 Å². The van der Waals surface area contributed by atoms with Gasteiger partial charge in [-0.3, -0.25) is 4.79 Å². The maximum atomic E-state index is 12.5. The number of carbonyl (C=O) groups excluding carboxylic acids is 1. The molecule has 1 heterocycles. The molecule has 0 unspecified atom stereocenters. The Morgan fingerprint density at radius 1 is 1.06 bits per heavy atom. The van der Waals surface area contributed by atoms with Crippen LogP contribution in [0.2, 0.25) is 0 Å². The largest absolute Gasteiger partial charge is 0.390 e. The van der Waals surface area contributed by atoms with E-state index in [-0.39, 0.29) is 5.92 Å². The Labute approximate surface area is 111 Å². The zero-order valence-electron chi connectivity index (χ0n) is 11.7. The molecule has 0 atom stereocenters. The number of hydrogen-bond acceptors (Lipinski definition) is 2. The van der Waals surface area contributed by atoms with Crippen molar-refractivity contribution in [3.05, 3.63) is 0 Å². The molecule has 0 aromatic rings. The quantitative estimate of drug-likeness (QED) is 0.780. The molecule has 104 valence electrons. The summed E-state index contributed by atoms with van der Waals surface area (Å²) in [5.74, 6) is 0.612. The molecule has 1 N–H and O–H groups in total. The maximum absolute atomic E-state index is 12.5. The van der Waals surface area contributed by atoms with Crippen molar-refractivity contribution in [3.63, 3.8) is 0 Å². The van der Waals surface area contributed by atoms with Crippen LogP contribution in [0.15, 0.2) is 0 Å². The van der Waals surface area contributed by atoms with Gasteiger partial charge in [-0.2, -0.15) is 0 Å². The lowest BCUT2D eigenvalue weighted by atomic mass is 9.88. The summed E-state index contributed by atoms with van der Waals surface area (Å²) in [6.45, 7) is 3.36. The fourth-order valence-corrected chi connectivity index (χ4v) is 3.17. The molecule has 2 aliphatic rings. The Morgan fingerprint density at radius 2 is 1.56 bits per heavy atom. The van der Waals surface area contributed by atoms with E-state index in [1.165, 1.54) is 32.1 Å². The van der Waals surface area contributed by atoms with E-state index in [0.29, 0.717) is 5.91 Å². The first-order valence-corrected chi connectivity index (χ1v) is 7.60. The lowest BCUT2D eigenvalue weighted by Crippen LogP contribution is -2.47. The van der Waals surface area contributed by atoms with Gasteiger partial charge in [-0.05, 0) is 32.6 Å². The van der Waals surface area contributed by atoms with E-state index in [1.807, 2.05) is 11.8 Å². The molecule has 1 saturated carbocycles. The SMILES string of the molecule is CC1(O)CCN(C(=O)C2CCCCCCC2)CC1. The van der Waals surface area contributed by atoms with Gasteiger partial charge in [0.05, 0.1) is 5.60 Å². The van der Waals surface area contributed by atoms with Crippen molar-refractivity contribution in [2.75, 3.05) is 13.1 Å². The summed E-state index contributed by atoms with van der Waals surface area (Å²) in [6.07, 6.45) is 9.95. The monoisotopic (exact) mass is 253 g/mol. The summed E-state index contributed by atoms with van der Waals surface area (Å²) < 4.78 is 0. The highest BCUT2D eigenvalue weighted by Crippen LogP contribution is 2.27. The number of nitrogens with zero attached hydrogens (tertiary/aromatic N) is 1. The number of piperidine rings is 1. The lowest BCUT2D eigenvalue weighted by molar-refractivity contribution is -0.140. The minimum Gasteiger partial charge on any atom is -0.390 e. The van der Waals surface area contributed by atoms with Crippen molar-refractivity contribution >= 4 is 5.91 Å². The van der Waals surface area contributed by atoms with Gasteiger partial charge in [-0.1, -0.05) is 32.1 Å². The van der Waals surface area contributed by atoms with E-state index in [2.05, 4.69) is 0 Å². The fraction of sp³-hybridized carbons (Fsp3) is 0.933. The predicted molar refractivity (Wildman–Crippen MR) is 72.2 cm³/mol. The van der Waals surface area contributed by atoms with Crippen molar-refractivity contribution in [2.24, 2.45) is 5.92 Å². The maximum Gasteiger partial charge on any atom is 0.225 e. The molecule has 1 amide bonds. The van der Waals surface area contributed by atoms with E-state index in [1.54, 1.807) is 0 Å². The van der Waals surface area contributed by atoms with E-state index < -0.39 is 5.60 Å². The number of likely N-dealkylation sites (tertiary alicyclic amines) is 1. The van der Waals surface area contributed by atoms with Gasteiger partial charge in [0.25, 0.3) is 0 Å². The molecule has 2 fully saturated rings. The van der Waals surface area contributed by atoms with E-state index in [4.69, 9.17) is 0 Å². The van der Waals surface area contributed by atoms with Crippen LogP contribution in [0, 0.1) is 5.92 Å². The molecule has 0 radical (unpaired) electrons. The minimum absolute atomic E-state index is 0.258. The third-order valence-corrected chi connectivity index (χ3v) is 4.61. The average molecular weight is 253 g/mol. The predicted octanol–water partition coefficient (Wildman–Crippen LogP) is 2.72. The van der Waals surface area contributed by atoms with Crippen LogP contribution < -0.4 is 0 Å². The number of rotatable bonds is 1. The summed E-state index contributed by atoms with van der Waals surface area (Å²) in [7, 11) is 0. The summed E-state index contributed by atoms with van der Waals surface area (Å²) in [5, 5.41) is 9.93. The Hall–Kier alpha value is -0.570. The van der Waals surface area contributed by atoms with Crippen molar-refractivity contribution in [1.82, 2.24) is 4.90 Å². The van der Waals surface area contributed by atoms with Crippen molar-refractivity contribution in [3.8, 4) is 0 Å². The third-order valence-electron chi connectivity index (χ3n) is 4.61. The number of hydrogen-bond donors (Lipinski definition) is 1. The van der Waals surface area contributed by atoms with Gasteiger partial charge in [0.2, 0.25) is 5.91 Å². The second-order valence-electron chi connectivity index (χ2n) is 6.36. The molecule has 18 heavy (non-hydrogen) atoms. The first kappa shape index (κ1) is 13.9. The lowest BCUT2D eigenvalue weighted by Gasteiger charge is -2.37. The molecular formula is C15H27NO2. The molecule has 3 nitrogen and oxygen atoms in total. The normalized spacial score (nSPS) is 26.4. The van der Waals surface area contributed by atoms with Gasteiger partial charge in [0.1, 0.15) is 0 Å². The van der Waals surface area contributed by atoms with Gasteiger partial charge in [0.15, 0.2) is 0 Å². The molecule has 1 aliphatic heterocycles. The van der Waals surface area contributed by atoms with Gasteiger partial charge < -0.3 is 10.0 Å². The fourth-order valence-electron chi connectivity index (χ4n) is 3.17. The minimum atomic E-state index is -0.558. The molecule has 0 aromatic carbocycles. The van der Waals surface area contributed by atoms with Gasteiger partial charge in [-0.25, -0.2) is 0 Å². The highest BCUT2D eigenvalue weighted by molar-refractivity contribution is 5.79. The molecule has 0 bridgehead atoms. The summed E-state index contributed by atoms with van der Waals surface area (Å²) in [6, 6.07) is 0. The standard InChI is InChI=1S/C15H27NO2/c1-15(18)9-11-16(12-10-15)14(17)13-7-5-3-2-4-6-8-13/h13,18H,2-12H2,1H3. The van der Waals surface area contributed by atoms with Crippen LogP contribution in [0.3, 0.4) is 0 Å². The van der Waals surface area contributed by atoms with E-state index in [9.17, 15) is 9.90 Å². The highest BCUT2D eigenvalue weighted by Gasteiger charge is 2.32.